The van der Waals surface area contributed by atoms with E-state index in [0.717, 1.165) is 16.8 Å². The molecule has 2 N–H and O–H groups in total. The van der Waals surface area contributed by atoms with E-state index in [0.29, 0.717) is 6.54 Å². The van der Waals surface area contributed by atoms with Crippen LogP contribution in [-0.4, -0.2) is 22.4 Å². The second kappa shape index (κ2) is 6.74. The van der Waals surface area contributed by atoms with Gasteiger partial charge < -0.3 is 10.6 Å². The van der Waals surface area contributed by atoms with Gasteiger partial charge in [0, 0.05) is 18.9 Å². The van der Waals surface area contributed by atoms with E-state index in [-0.39, 0.29) is 12.1 Å². The molecule has 2 amide bonds. The predicted molar refractivity (Wildman–Crippen MR) is 83.3 cm³/mol. The minimum absolute atomic E-state index is 0.0920. The van der Waals surface area contributed by atoms with Crippen LogP contribution in [0.3, 0.4) is 0 Å². The predicted octanol–water partition coefficient (Wildman–Crippen LogP) is 2.81. The van der Waals surface area contributed by atoms with Crippen LogP contribution in [0.4, 0.5) is 4.79 Å². The zero-order valence-electron chi connectivity index (χ0n) is 12.3. The molecule has 0 spiro atoms. The van der Waals surface area contributed by atoms with E-state index in [1.807, 2.05) is 50.4 Å². The molecule has 21 heavy (non-hydrogen) atoms. The first-order valence-corrected chi connectivity index (χ1v) is 6.85. The number of urea groups is 1. The van der Waals surface area contributed by atoms with Gasteiger partial charge in [0.2, 0.25) is 0 Å². The molecule has 0 saturated carbocycles. The fraction of sp³-hybridized carbons (Fsp3) is 0.250. The van der Waals surface area contributed by atoms with E-state index in [1.54, 1.807) is 10.9 Å². The van der Waals surface area contributed by atoms with Gasteiger partial charge in [0.25, 0.3) is 0 Å². The molecule has 1 heterocycles. The molecule has 1 aromatic heterocycles. The number of amides is 2. The Morgan fingerprint density at radius 1 is 1.43 bits per heavy atom. The molecule has 0 saturated heterocycles. The molecular formula is C16H20N4O. The van der Waals surface area contributed by atoms with Crippen LogP contribution in [0.15, 0.2) is 54.9 Å². The first kappa shape index (κ1) is 14.8. The maximum atomic E-state index is 11.8. The highest BCUT2D eigenvalue weighted by Gasteiger charge is 2.10. The Balaban J connectivity index is 2.02. The molecule has 0 unspecified atom stereocenters. The van der Waals surface area contributed by atoms with Gasteiger partial charge in [0.05, 0.1) is 11.7 Å². The molecule has 0 aliphatic rings. The van der Waals surface area contributed by atoms with Crippen molar-refractivity contribution in [2.24, 2.45) is 0 Å². The molecule has 0 bridgehead atoms. The smallest absolute Gasteiger partial charge is 0.315 e. The molecule has 0 radical (unpaired) electrons. The van der Waals surface area contributed by atoms with Crippen LogP contribution in [0.5, 0.6) is 0 Å². The van der Waals surface area contributed by atoms with Crippen LogP contribution < -0.4 is 10.6 Å². The highest BCUT2D eigenvalue weighted by atomic mass is 16.2. The SMILES string of the molecule is C=C(C)CNC(=O)N[C@H](C)c1cccc(-n2cccn2)c1. The topological polar surface area (TPSA) is 59.0 Å². The monoisotopic (exact) mass is 284 g/mol. The van der Waals surface area contributed by atoms with Gasteiger partial charge in [-0.1, -0.05) is 24.3 Å². The summed E-state index contributed by atoms with van der Waals surface area (Å²) in [6.07, 6.45) is 3.62. The van der Waals surface area contributed by atoms with Crippen LogP contribution in [-0.2, 0) is 0 Å². The minimum atomic E-state index is -0.199. The Kier molecular flexibility index (Phi) is 4.77. The molecule has 110 valence electrons. The summed E-state index contributed by atoms with van der Waals surface area (Å²) in [5, 5.41) is 9.86. The molecule has 2 aromatic rings. The van der Waals surface area contributed by atoms with Gasteiger partial charge in [0.1, 0.15) is 0 Å². The van der Waals surface area contributed by atoms with Crippen LogP contribution >= 0.6 is 0 Å². The number of hydrogen-bond donors (Lipinski definition) is 2. The molecule has 0 aliphatic heterocycles. The third-order valence-electron chi connectivity index (χ3n) is 3.04. The maximum absolute atomic E-state index is 11.8. The molecule has 1 atom stereocenters. The molecule has 1 aromatic carbocycles. The molecule has 2 rings (SSSR count). The number of carbonyl (C=O) groups excluding carboxylic acids is 1. The van der Waals surface area contributed by atoms with Crippen molar-refractivity contribution in [1.29, 1.82) is 0 Å². The Labute approximate surface area is 124 Å². The number of nitrogens with zero attached hydrogens (tertiary/aromatic N) is 2. The second-order valence-corrected chi connectivity index (χ2v) is 5.05. The van der Waals surface area contributed by atoms with E-state index < -0.39 is 0 Å². The van der Waals surface area contributed by atoms with Crippen molar-refractivity contribution in [3.05, 3.63) is 60.4 Å². The van der Waals surface area contributed by atoms with E-state index in [9.17, 15) is 4.79 Å². The van der Waals surface area contributed by atoms with Crippen LogP contribution in [0.2, 0.25) is 0 Å². The van der Waals surface area contributed by atoms with E-state index in [4.69, 9.17) is 0 Å². The Morgan fingerprint density at radius 3 is 2.90 bits per heavy atom. The zero-order valence-corrected chi connectivity index (χ0v) is 12.3. The number of hydrogen-bond acceptors (Lipinski definition) is 2. The number of nitrogens with one attached hydrogen (secondary N) is 2. The second-order valence-electron chi connectivity index (χ2n) is 5.05. The zero-order chi connectivity index (χ0) is 15.2. The summed E-state index contributed by atoms with van der Waals surface area (Å²) >= 11 is 0. The van der Waals surface area contributed by atoms with Crippen LogP contribution in [0, 0.1) is 0 Å². The van der Waals surface area contributed by atoms with Gasteiger partial charge >= 0.3 is 6.03 Å². The summed E-state index contributed by atoms with van der Waals surface area (Å²) in [5.74, 6) is 0. The molecule has 5 nitrogen and oxygen atoms in total. The highest BCUT2D eigenvalue weighted by Crippen LogP contribution is 2.16. The third-order valence-corrected chi connectivity index (χ3v) is 3.04. The number of carbonyl (C=O) groups is 1. The Morgan fingerprint density at radius 2 is 2.24 bits per heavy atom. The lowest BCUT2D eigenvalue weighted by molar-refractivity contribution is 0.238. The summed E-state index contributed by atoms with van der Waals surface area (Å²) in [6.45, 7) is 8.05. The Hall–Kier alpha value is -2.56. The van der Waals surface area contributed by atoms with E-state index in [2.05, 4.69) is 22.3 Å². The molecule has 0 aliphatic carbocycles. The maximum Gasteiger partial charge on any atom is 0.315 e. The van der Waals surface area contributed by atoms with Gasteiger partial charge in [0.15, 0.2) is 0 Å². The minimum Gasteiger partial charge on any atom is -0.334 e. The highest BCUT2D eigenvalue weighted by molar-refractivity contribution is 5.74. The van der Waals surface area contributed by atoms with Gasteiger partial charge in [-0.25, -0.2) is 9.48 Å². The van der Waals surface area contributed by atoms with Crippen molar-refractivity contribution in [3.63, 3.8) is 0 Å². The van der Waals surface area contributed by atoms with Gasteiger partial charge in [-0.15, -0.1) is 0 Å². The van der Waals surface area contributed by atoms with Crippen molar-refractivity contribution in [2.45, 2.75) is 19.9 Å². The molecule has 0 fully saturated rings. The first-order valence-electron chi connectivity index (χ1n) is 6.85. The number of benzene rings is 1. The summed E-state index contributed by atoms with van der Waals surface area (Å²) in [4.78, 5) is 11.8. The van der Waals surface area contributed by atoms with Crippen molar-refractivity contribution in [2.75, 3.05) is 6.54 Å². The van der Waals surface area contributed by atoms with Crippen molar-refractivity contribution in [1.82, 2.24) is 20.4 Å². The quantitative estimate of drug-likeness (QED) is 0.829. The first-order chi connectivity index (χ1) is 10.1. The lowest BCUT2D eigenvalue weighted by Gasteiger charge is -2.16. The lowest BCUT2D eigenvalue weighted by atomic mass is 10.1. The van der Waals surface area contributed by atoms with E-state index >= 15 is 0 Å². The molecular weight excluding hydrogens is 264 g/mol. The fourth-order valence-corrected chi connectivity index (χ4v) is 1.92. The summed E-state index contributed by atoms with van der Waals surface area (Å²) in [7, 11) is 0. The van der Waals surface area contributed by atoms with Crippen molar-refractivity contribution < 1.29 is 4.79 Å². The third kappa shape index (κ3) is 4.21. The van der Waals surface area contributed by atoms with E-state index in [1.165, 1.54) is 0 Å². The summed E-state index contributed by atoms with van der Waals surface area (Å²) < 4.78 is 1.79. The molecule has 5 heteroatoms. The van der Waals surface area contributed by atoms with Crippen molar-refractivity contribution in [3.8, 4) is 5.69 Å². The fourth-order valence-electron chi connectivity index (χ4n) is 1.92. The summed E-state index contributed by atoms with van der Waals surface area (Å²) in [6, 6.07) is 9.51. The van der Waals surface area contributed by atoms with Gasteiger partial charge in [-0.05, 0) is 37.6 Å². The lowest BCUT2D eigenvalue weighted by Crippen LogP contribution is -2.37. The van der Waals surface area contributed by atoms with Gasteiger partial charge in [-0.3, -0.25) is 0 Å². The average molecular weight is 284 g/mol. The normalized spacial score (nSPS) is 11.7. The largest absolute Gasteiger partial charge is 0.334 e. The van der Waals surface area contributed by atoms with Gasteiger partial charge in [-0.2, -0.15) is 5.10 Å². The number of rotatable bonds is 5. The Bertz CT molecular complexity index is 619. The van der Waals surface area contributed by atoms with Crippen LogP contribution in [0.25, 0.3) is 5.69 Å². The number of aromatic nitrogens is 2. The summed E-state index contributed by atoms with van der Waals surface area (Å²) in [5.41, 5.74) is 2.90. The van der Waals surface area contributed by atoms with Crippen LogP contribution in [0.1, 0.15) is 25.5 Å². The van der Waals surface area contributed by atoms with Crippen molar-refractivity contribution >= 4 is 6.03 Å². The average Bonchev–Trinajstić information content (AvgIpc) is 2.99. The standard InChI is InChI=1S/C16H20N4O/c1-12(2)11-17-16(21)19-13(3)14-6-4-7-15(10-14)20-9-5-8-18-20/h4-10,13H,1,11H2,2-3H3,(H2,17,19,21)/t13-/m1/s1.